The van der Waals surface area contributed by atoms with Gasteiger partial charge in [0.05, 0.1) is 12.2 Å². The van der Waals surface area contributed by atoms with Crippen molar-refractivity contribution in [1.29, 1.82) is 0 Å². The van der Waals surface area contributed by atoms with Crippen LogP contribution in [-0.2, 0) is 0 Å². The third-order valence-electron chi connectivity index (χ3n) is 4.91. The number of unbranched alkanes of at least 4 members (excludes halogenated alkanes) is 4. The summed E-state index contributed by atoms with van der Waals surface area (Å²) in [5.74, 6) is 1.24. The molecule has 0 atom stereocenters. The number of phenols is 1. The van der Waals surface area contributed by atoms with E-state index in [0.717, 1.165) is 37.4 Å². The standard InChI is InChI=1S/C19H31NO2/c1-4-7-8-9-10-13-20-15-19(5-2,6-3)22-18-12-11-16(21)14-17(18)20/h11-12,14,21H,4-10,13,15H2,1-3H3. The van der Waals surface area contributed by atoms with E-state index in [2.05, 4.69) is 25.7 Å². The molecule has 0 radical (unpaired) electrons. The number of hydrogen-bond acceptors (Lipinski definition) is 3. The zero-order valence-electron chi connectivity index (χ0n) is 14.4. The Labute approximate surface area is 135 Å². The highest BCUT2D eigenvalue weighted by Crippen LogP contribution is 2.41. The summed E-state index contributed by atoms with van der Waals surface area (Å²) in [6.45, 7) is 8.62. The number of rotatable bonds is 8. The van der Waals surface area contributed by atoms with Gasteiger partial charge in [-0.15, -0.1) is 0 Å². The zero-order chi connectivity index (χ0) is 16.0. The van der Waals surface area contributed by atoms with Crippen LogP contribution in [0, 0.1) is 0 Å². The van der Waals surface area contributed by atoms with Crippen LogP contribution < -0.4 is 9.64 Å². The molecule has 1 aromatic carbocycles. The first-order valence-corrected chi connectivity index (χ1v) is 8.91. The number of benzene rings is 1. The fourth-order valence-corrected chi connectivity index (χ4v) is 3.26. The molecule has 0 bridgehead atoms. The van der Waals surface area contributed by atoms with E-state index >= 15 is 0 Å². The summed E-state index contributed by atoms with van der Waals surface area (Å²) >= 11 is 0. The summed E-state index contributed by atoms with van der Waals surface area (Å²) in [5, 5.41) is 9.81. The van der Waals surface area contributed by atoms with Gasteiger partial charge in [-0.05, 0) is 31.4 Å². The third-order valence-corrected chi connectivity index (χ3v) is 4.91. The van der Waals surface area contributed by atoms with Crippen molar-refractivity contribution in [3.8, 4) is 11.5 Å². The first-order valence-electron chi connectivity index (χ1n) is 8.91. The number of aromatic hydroxyl groups is 1. The van der Waals surface area contributed by atoms with Crippen LogP contribution in [0.3, 0.4) is 0 Å². The lowest BCUT2D eigenvalue weighted by atomic mass is 9.93. The topological polar surface area (TPSA) is 32.7 Å². The lowest BCUT2D eigenvalue weighted by Crippen LogP contribution is -2.50. The van der Waals surface area contributed by atoms with Gasteiger partial charge in [-0.2, -0.15) is 0 Å². The SMILES string of the molecule is CCCCCCCN1CC(CC)(CC)Oc2ccc(O)cc21. The fraction of sp³-hybridized carbons (Fsp3) is 0.684. The molecule has 1 aliphatic heterocycles. The van der Waals surface area contributed by atoms with Crippen molar-refractivity contribution in [3.63, 3.8) is 0 Å². The molecule has 22 heavy (non-hydrogen) atoms. The van der Waals surface area contributed by atoms with Crippen molar-refractivity contribution < 1.29 is 9.84 Å². The summed E-state index contributed by atoms with van der Waals surface area (Å²) in [6.07, 6.45) is 8.44. The molecule has 0 aromatic heterocycles. The van der Waals surface area contributed by atoms with Gasteiger partial charge in [0.1, 0.15) is 17.1 Å². The predicted octanol–water partition coefficient (Wildman–Crippen LogP) is 5.12. The van der Waals surface area contributed by atoms with Crippen LogP contribution in [0.4, 0.5) is 5.69 Å². The predicted molar refractivity (Wildman–Crippen MR) is 93.0 cm³/mol. The summed E-state index contributed by atoms with van der Waals surface area (Å²) in [6, 6.07) is 5.48. The lowest BCUT2D eigenvalue weighted by molar-refractivity contribution is 0.0572. The third kappa shape index (κ3) is 3.88. The summed E-state index contributed by atoms with van der Waals surface area (Å²) < 4.78 is 6.30. The summed E-state index contributed by atoms with van der Waals surface area (Å²) in [5.41, 5.74) is 0.959. The molecule has 1 heterocycles. The molecular formula is C19H31NO2. The average Bonchev–Trinajstić information content (AvgIpc) is 2.54. The van der Waals surface area contributed by atoms with Gasteiger partial charge in [0.2, 0.25) is 0 Å². The van der Waals surface area contributed by atoms with E-state index in [1.807, 2.05) is 12.1 Å². The Morgan fingerprint density at radius 1 is 1.09 bits per heavy atom. The van der Waals surface area contributed by atoms with Crippen molar-refractivity contribution >= 4 is 5.69 Å². The van der Waals surface area contributed by atoms with Crippen LogP contribution in [0.15, 0.2) is 18.2 Å². The van der Waals surface area contributed by atoms with E-state index in [4.69, 9.17) is 4.74 Å². The molecule has 0 amide bonds. The quantitative estimate of drug-likeness (QED) is 0.677. The second-order valence-corrected chi connectivity index (χ2v) is 6.48. The monoisotopic (exact) mass is 305 g/mol. The van der Waals surface area contributed by atoms with Crippen molar-refractivity contribution in [2.45, 2.75) is 71.3 Å². The van der Waals surface area contributed by atoms with Gasteiger partial charge in [0, 0.05) is 12.6 Å². The van der Waals surface area contributed by atoms with Gasteiger partial charge in [0.15, 0.2) is 0 Å². The first kappa shape index (κ1) is 17.0. The van der Waals surface area contributed by atoms with E-state index in [-0.39, 0.29) is 5.60 Å². The van der Waals surface area contributed by atoms with Crippen LogP contribution in [0.2, 0.25) is 0 Å². The van der Waals surface area contributed by atoms with Gasteiger partial charge in [-0.3, -0.25) is 0 Å². The molecule has 2 rings (SSSR count). The summed E-state index contributed by atoms with van der Waals surface area (Å²) in [4.78, 5) is 2.41. The molecule has 124 valence electrons. The first-order chi connectivity index (χ1) is 10.6. The average molecular weight is 305 g/mol. The van der Waals surface area contributed by atoms with Crippen LogP contribution in [0.1, 0.15) is 65.7 Å². The molecule has 0 spiro atoms. The fourth-order valence-electron chi connectivity index (χ4n) is 3.26. The molecule has 1 aromatic rings. The Morgan fingerprint density at radius 3 is 2.50 bits per heavy atom. The van der Waals surface area contributed by atoms with E-state index < -0.39 is 0 Å². The second kappa shape index (κ2) is 7.75. The number of fused-ring (bicyclic) bond motifs is 1. The Balaban J connectivity index is 2.11. The van der Waals surface area contributed by atoms with Gasteiger partial charge >= 0.3 is 0 Å². The molecule has 1 aliphatic rings. The Bertz CT molecular complexity index is 469. The molecule has 0 unspecified atom stereocenters. The molecule has 3 nitrogen and oxygen atoms in total. The second-order valence-electron chi connectivity index (χ2n) is 6.48. The lowest BCUT2D eigenvalue weighted by Gasteiger charge is -2.44. The smallest absolute Gasteiger partial charge is 0.143 e. The van der Waals surface area contributed by atoms with E-state index in [1.54, 1.807) is 6.07 Å². The minimum absolute atomic E-state index is 0.0899. The van der Waals surface area contributed by atoms with Crippen molar-refractivity contribution in [2.75, 3.05) is 18.0 Å². The minimum atomic E-state index is -0.0899. The summed E-state index contributed by atoms with van der Waals surface area (Å²) in [7, 11) is 0. The maximum absolute atomic E-state index is 9.81. The van der Waals surface area contributed by atoms with Gasteiger partial charge in [-0.25, -0.2) is 0 Å². The molecule has 0 saturated carbocycles. The maximum atomic E-state index is 9.81. The molecule has 1 N–H and O–H groups in total. The molecule has 0 saturated heterocycles. The Morgan fingerprint density at radius 2 is 1.82 bits per heavy atom. The zero-order valence-corrected chi connectivity index (χ0v) is 14.4. The maximum Gasteiger partial charge on any atom is 0.143 e. The van der Waals surface area contributed by atoms with Crippen LogP contribution >= 0.6 is 0 Å². The normalized spacial score (nSPS) is 16.2. The van der Waals surface area contributed by atoms with Crippen LogP contribution in [0.5, 0.6) is 11.5 Å². The minimum Gasteiger partial charge on any atom is -0.508 e. The Kier molecular flexibility index (Phi) is 5.98. The number of phenolic OH excluding ortho intramolecular Hbond substituents is 1. The highest BCUT2D eigenvalue weighted by atomic mass is 16.5. The van der Waals surface area contributed by atoms with Crippen LogP contribution in [-0.4, -0.2) is 23.8 Å². The number of anilines is 1. The highest BCUT2D eigenvalue weighted by Gasteiger charge is 2.36. The largest absolute Gasteiger partial charge is 0.508 e. The van der Waals surface area contributed by atoms with E-state index in [0.29, 0.717) is 5.75 Å². The Hall–Kier alpha value is -1.38. The van der Waals surface area contributed by atoms with Gasteiger partial charge in [0.25, 0.3) is 0 Å². The van der Waals surface area contributed by atoms with Crippen LogP contribution in [0.25, 0.3) is 0 Å². The van der Waals surface area contributed by atoms with Gasteiger partial charge in [-0.1, -0.05) is 46.5 Å². The molecular weight excluding hydrogens is 274 g/mol. The molecule has 0 fully saturated rings. The van der Waals surface area contributed by atoms with E-state index in [1.165, 1.54) is 32.1 Å². The number of hydrogen-bond donors (Lipinski definition) is 1. The molecule has 0 aliphatic carbocycles. The highest BCUT2D eigenvalue weighted by molar-refractivity contribution is 5.63. The molecule has 3 heteroatoms. The van der Waals surface area contributed by atoms with E-state index in [9.17, 15) is 5.11 Å². The van der Waals surface area contributed by atoms with Crippen molar-refractivity contribution in [2.24, 2.45) is 0 Å². The number of ether oxygens (including phenoxy) is 1. The number of nitrogens with zero attached hydrogens (tertiary/aromatic N) is 1. The van der Waals surface area contributed by atoms with Gasteiger partial charge < -0.3 is 14.7 Å². The van der Waals surface area contributed by atoms with Crippen molar-refractivity contribution in [1.82, 2.24) is 0 Å². The van der Waals surface area contributed by atoms with Crippen molar-refractivity contribution in [3.05, 3.63) is 18.2 Å².